The van der Waals surface area contributed by atoms with Crippen LogP contribution in [0.4, 0.5) is 0 Å². The standard InChI is InChI=1S/C14H11Cl2NO3S3/c15-10-2-1-8(5-11(10)16)6-12-13(18)17(14(21)22-12)9-3-4-23(19,20)7-9/h1-2,5-6,9H,3-4,7H2/b12-6+. The number of halogens is 2. The first-order valence-electron chi connectivity index (χ1n) is 6.69. The molecule has 2 saturated heterocycles. The first kappa shape index (κ1) is 17.2. The van der Waals surface area contributed by atoms with Gasteiger partial charge in [-0.2, -0.15) is 0 Å². The van der Waals surface area contributed by atoms with Gasteiger partial charge < -0.3 is 0 Å². The van der Waals surface area contributed by atoms with E-state index in [0.717, 1.165) is 5.56 Å². The van der Waals surface area contributed by atoms with Gasteiger partial charge in [-0.25, -0.2) is 8.42 Å². The average Bonchev–Trinajstić information content (AvgIpc) is 2.94. The molecule has 0 aromatic heterocycles. The number of thioether (sulfide) groups is 1. The SMILES string of the molecule is O=C1/C(=C\c2ccc(Cl)c(Cl)c2)SC(=S)N1C1CCS(=O)(=O)C1. The Balaban J connectivity index is 1.86. The number of sulfone groups is 1. The van der Waals surface area contributed by atoms with Crippen LogP contribution in [0, 0.1) is 0 Å². The van der Waals surface area contributed by atoms with Gasteiger partial charge in [-0.1, -0.05) is 53.2 Å². The van der Waals surface area contributed by atoms with E-state index in [0.29, 0.717) is 25.7 Å². The van der Waals surface area contributed by atoms with Gasteiger partial charge in [0.15, 0.2) is 9.84 Å². The maximum Gasteiger partial charge on any atom is 0.266 e. The molecular weight excluding hydrogens is 397 g/mol. The van der Waals surface area contributed by atoms with Crippen molar-refractivity contribution in [3.63, 3.8) is 0 Å². The lowest BCUT2D eigenvalue weighted by molar-refractivity contribution is -0.123. The molecule has 0 spiro atoms. The number of thiocarbonyl (C=S) groups is 1. The lowest BCUT2D eigenvalue weighted by Crippen LogP contribution is -2.39. The van der Waals surface area contributed by atoms with E-state index in [1.807, 2.05) is 0 Å². The molecule has 4 nitrogen and oxygen atoms in total. The van der Waals surface area contributed by atoms with Crippen LogP contribution < -0.4 is 0 Å². The van der Waals surface area contributed by atoms with Gasteiger partial charge in [0.05, 0.1) is 32.5 Å². The van der Waals surface area contributed by atoms with Crippen molar-refractivity contribution in [2.45, 2.75) is 12.5 Å². The van der Waals surface area contributed by atoms with E-state index in [4.69, 9.17) is 35.4 Å². The van der Waals surface area contributed by atoms with E-state index < -0.39 is 9.84 Å². The van der Waals surface area contributed by atoms with E-state index in [1.54, 1.807) is 24.3 Å². The van der Waals surface area contributed by atoms with Gasteiger partial charge >= 0.3 is 0 Å². The number of benzene rings is 1. The zero-order valence-electron chi connectivity index (χ0n) is 11.7. The number of amides is 1. The second-order valence-corrected chi connectivity index (χ2v) is 10.0. The molecule has 0 N–H and O–H groups in total. The molecule has 9 heteroatoms. The summed E-state index contributed by atoms with van der Waals surface area (Å²) >= 11 is 18.3. The summed E-state index contributed by atoms with van der Waals surface area (Å²) in [6, 6.07) is 4.70. The first-order valence-corrected chi connectivity index (χ1v) is 10.5. The van der Waals surface area contributed by atoms with E-state index in [2.05, 4.69) is 0 Å². The Kier molecular flexibility index (Phi) is 4.77. The van der Waals surface area contributed by atoms with Crippen LogP contribution in [-0.2, 0) is 14.6 Å². The lowest BCUT2D eigenvalue weighted by atomic mass is 10.2. The predicted octanol–water partition coefficient (Wildman–Crippen LogP) is 3.38. The van der Waals surface area contributed by atoms with Crippen molar-refractivity contribution in [3.8, 4) is 0 Å². The summed E-state index contributed by atoms with van der Waals surface area (Å²) in [5.74, 6) is -0.187. The first-order chi connectivity index (χ1) is 10.8. The Labute approximate surface area is 153 Å². The summed E-state index contributed by atoms with van der Waals surface area (Å²) in [6.07, 6.45) is 2.11. The van der Waals surface area contributed by atoms with Gasteiger partial charge in [0.25, 0.3) is 5.91 Å². The van der Waals surface area contributed by atoms with Crippen molar-refractivity contribution in [2.24, 2.45) is 0 Å². The minimum absolute atomic E-state index is 0.0283. The minimum atomic E-state index is -3.08. The fourth-order valence-corrected chi connectivity index (χ4v) is 5.93. The monoisotopic (exact) mass is 407 g/mol. The van der Waals surface area contributed by atoms with E-state index in [-0.39, 0.29) is 23.5 Å². The highest BCUT2D eigenvalue weighted by Gasteiger charge is 2.42. The number of hydrogen-bond donors (Lipinski definition) is 0. The molecule has 1 unspecified atom stereocenters. The molecule has 122 valence electrons. The van der Waals surface area contributed by atoms with Crippen molar-refractivity contribution < 1.29 is 13.2 Å². The van der Waals surface area contributed by atoms with Crippen molar-refractivity contribution in [2.75, 3.05) is 11.5 Å². The van der Waals surface area contributed by atoms with Crippen LogP contribution in [0.2, 0.25) is 10.0 Å². The molecule has 2 heterocycles. The second-order valence-electron chi connectivity index (χ2n) is 5.28. The third-order valence-corrected chi connectivity index (χ3v) is 7.46. The van der Waals surface area contributed by atoms with Crippen LogP contribution in [0.15, 0.2) is 23.1 Å². The van der Waals surface area contributed by atoms with E-state index >= 15 is 0 Å². The maximum absolute atomic E-state index is 12.6. The molecule has 0 bridgehead atoms. The quantitative estimate of drug-likeness (QED) is 0.555. The molecule has 0 saturated carbocycles. The van der Waals surface area contributed by atoms with Crippen LogP contribution in [-0.4, -0.2) is 41.1 Å². The highest BCUT2D eigenvalue weighted by atomic mass is 35.5. The number of carbonyl (C=O) groups excluding carboxylic acids is 1. The number of nitrogens with zero attached hydrogens (tertiary/aromatic N) is 1. The number of hydrogen-bond acceptors (Lipinski definition) is 5. The predicted molar refractivity (Wildman–Crippen MR) is 98.5 cm³/mol. The zero-order valence-corrected chi connectivity index (χ0v) is 15.6. The highest BCUT2D eigenvalue weighted by molar-refractivity contribution is 8.26. The molecule has 0 aliphatic carbocycles. The van der Waals surface area contributed by atoms with Crippen LogP contribution in [0.1, 0.15) is 12.0 Å². The lowest BCUT2D eigenvalue weighted by Gasteiger charge is -2.20. The van der Waals surface area contributed by atoms with Gasteiger partial charge in [0, 0.05) is 0 Å². The topological polar surface area (TPSA) is 54.5 Å². The van der Waals surface area contributed by atoms with Crippen LogP contribution in [0.5, 0.6) is 0 Å². The van der Waals surface area contributed by atoms with Crippen LogP contribution in [0.3, 0.4) is 0 Å². The molecule has 1 aromatic carbocycles. The molecular formula is C14H11Cl2NO3S3. The summed E-state index contributed by atoms with van der Waals surface area (Å²) in [7, 11) is -3.08. The minimum Gasteiger partial charge on any atom is -0.289 e. The van der Waals surface area contributed by atoms with E-state index in [9.17, 15) is 13.2 Å². The smallest absolute Gasteiger partial charge is 0.266 e. The second kappa shape index (κ2) is 6.37. The molecule has 23 heavy (non-hydrogen) atoms. The maximum atomic E-state index is 12.6. The van der Waals surface area contributed by atoms with Crippen LogP contribution >= 0.6 is 47.2 Å². The molecule has 1 aromatic rings. The molecule has 0 radical (unpaired) electrons. The molecule has 1 atom stereocenters. The largest absolute Gasteiger partial charge is 0.289 e. The third kappa shape index (κ3) is 3.58. The van der Waals surface area contributed by atoms with Gasteiger partial charge in [0.2, 0.25) is 0 Å². The summed E-state index contributed by atoms with van der Waals surface area (Å²) in [6.45, 7) is 0. The Bertz CT molecular complexity index is 836. The van der Waals surface area contributed by atoms with Crippen molar-refractivity contribution in [1.82, 2.24) is 4.90 Å². The van der Waals surface area contributed by atoms with Gasteiger partial charge in [-0.3, -0.25) is 9.69 Å². The Morgan fingerprint density at radius 3 is 2.65 bits per heavy atom. The fraction of sp³-hybridized carbons (Fsp3) is 0.286. The average molecular weight is 408 g/mol. The zero-order chi connectivity index (χ0) is 16.8. The number of carbonyl (C=O) groups is 1. The summed E-state index contributed by atoms with van der Waals surface area (Å²) < 4.78 is 23.6. The van der Waals surface area contributed by atoms with Crippen molar-refractivity contribution in [1.29, 1.82) is 0 Å². The Morgan fingerprint density at radius 1 is 1.30 bits per heavy atom. The summed E-state index contributed by atoms with van der Waals surface area (Å²) in [5.41, 5.74) is 0.735. The molecule has 2 fully saturated rings. The van der Waals surface area contributed by atoms with Crippen molar-refractivity contribution in [3.05, 3.63) is 38.7 Å². The van der Waals surface area contributed by atoms with Gasteiger partial charge in [0.1, 0.15) is 4.32 Å². The molecule has 2 aliphatic heterocycles. The summed E-state index contributed by atoms with van der Waals surface area (Å²) in [5, 5.41) is 0.838. The molecule has 2 aliphatic rings. The van der Waals surface area contributed by atoms with Crippen molar-refractivity contribution >= 4 is 73.3 Å². The summed E-state index contributed by atoms with van der Waals surface area (Å²) in [4.78, 5) is 14.4. The van der Waals surface area contributed by atoms with Crippen LogP contribution in [0.25, 0.3) is 6.08 Å². The number of rotatable bonds is 2. The van der Waals surface area contributed by atoms with Gasteiger partial charge in [-0.15, -0.1) is 0 Å². The fourth-order valence-electron chi connectivity index (χ4n) is 2.53. The van der Waals surface area contributed by atoms with Gasteiger partial charge in [-0.05, 0) is 30.2 Å². The van der Waals surface area contributed by atoms with E-state index in [1.165, 1.54) is 16.7 Å². The highest BCUT2D eigenvalue weighted by Crippen LogP contribution is 2.36. The molecule has 3 rings (SSSR count). The molecule has 1 amide bonds. The normalized spacial score (nSPS) is 25.6. The Morgan fingerprint density at radius 2 is 2.04 bits per heavy atom. The third-order valence-electron chi connectivity index (χ3n) is 3.64. The Hall–Kier alpha value is -0.600.